The Kier molecular flexibility index (Phi) is 5.34. The number of carbonyl (C=O) groups excluding carboxylic acids is 1. The number of piperidine rings is 1. The van der Waals surface area contributed by atoms with Crippen LogP contribution in [-0.2, 0) is 0 Å². The maximum atomic E-state index is 13.5. The van der Waals surface area contributed by atoms with Crippen molar-refractivity contribution in [3.63, 3.8) is 0 Å². The van der Waals surface area contributed by atoms with Gasteiger partial charge in [-0.1, -0.05) is 18.2 Å². The average Bonchev–Trinajstić information content (AvgIpc) is 2.83. The first-order valence-corrected chi connectivity index (χ1v) is 10.6. The molecule has 1 fully saturated rings. The standard InChI is InChI=1S/C24H21F2N5O/c25-18-10-21-22(11-19(18)26)30-23(14-28-21)29-13-17-6-3-4-8-31(17)24(32)16-9-15-5-1-2-7-20(15)27-12-16/h1-2,5,7,9-12,14,17H,3-4,6,8,13H2,(H,29,30). The molecule has 162 valence electrons. The first kappa shape index (κ1) is 20.2. The number of pyridine rings is 1. The van der Waals surface area contributed by atoms with E-state index in [0.717, 1.165) is 42.3 Å². The molecular weight excluding hydrogens is 412 g/mol. The average molecular weight is 433 g/mol. The molecule has 0 spiro atoms. The molecule has 1 aliphatic heterocycles. The van der Waals surface area contributed by atoms with Crippen molar-refractivity contribution in [2.45, 2.75) is 25.3 Å². The Balaban J connectivity index is 1.33. The van der Waals surface area contributed by atoms with Crippen LogP contribution in [0.25, 0.3) is 21.9 Å². The third-order valence-electron chi connectivity index (χ3n) is 5.83. The van der Waals surface area contributed by atoms with Crippen molar-refractivity contribution < 1.29 is 13.6 Å². The number of hydrogen-bond donors (Lipinski definition) is 1. The molecule has 3 heterocycles. The van der Waals surface area contributed by atoms with Crippen molar-refractivity contribution >= 4 is 33.7 Å². The lowest BCUT2D eigenvalue weighted by Crippen LogP contribution is -2.47. The minimum atomic E-state index is -0.961. The van der Waals surface area contributed by atoms with Crippen LogP contribution in [0, 0.1) is 11.6 Å². The van der Waals surface area contributed by atoms with Gasteiger partial charge in [0, 0.05) is 42.8 Å². The lowest BCUT2D eigenvalue weighted by atomic mass is 10.0. The van der Waals surface area contributed by atoms with E-state index in [2.05, 4.69) is 20.3 Å². The molecule has 4 aromatic rings. The highest BCUT2D eigenvalue weighted by molar-refractivity contribution is 5.97. The summed E-state index contributed by atoms with van der Waals surface area (Å²) in [4.78, 5) is 28.0. The molecule has 1 N–H and O–H groups in total. The van der Waals surface area contributed by atoms with Crippen LogP contribution in [-0.4, -0.2) is 44.9 Å². The van der Waals surface area contributed by atoms with Crippen molar-refractivity contribution in [3.05, 3.63) is 72.1 Å². The number of para-hydroxylation sites is 1. The topological polar surface area (TPSA) is 71.0 Å². The maximum Gasteiger partial charge on any atom is 0.255 e. The molecule has 8 heteroatoms. The molecular formula is C24H21F2N5O. The van der Waals surface area contributed by atoms with Gasteiger partial charge in [-0.05, 0) is 31.4 Å². The molecule has 6 nitrogen and oxygen atoms in total. The molecule has 1 aliphatic rings. The van der Waals surface area contributed by atoms with Gasteiger partial charge in [-0.2, -0.15) is 0 Å². The SMILES string of the molecule is O=C(c1cnc2ccccc2c1)N1CCCCC1CNc1cnc2cc(F)c(F)cc2n1. The van der Waals surface area contributed by atoms with Crippen LogP contribution < -0.4 is 5.32 Å². The van der Waals surface area contributed by atoms with Gasteiger partial charge < -0.3 is 10.2 Å². The summed E-state index contributed by atoms with van der Waals surface area (Å²) in [6, 6.07) is 11.6. The molecule has 1 amide bonds. The number of aromatic nitrogens is 3. The number of carbonyl (C=O) groups is 1. The zero-order valence-electron chi connectivity index (χ0n) is 17.3. The van der Waals surface area contributed by atoms with Crippen LogP contribution in [0.5, 0.6) is 0 Å². The van der Waals surface area contributed by atoms with E-state index in [9.17, 15) is 13.6 Å². The number of hydrogen-bond acceptors (Lipinski definition) is 5. The van der Waals surface area contributed by atoms with Gasteiger partial charge in [0.25, 0.3) is 5.91 Å². The number of likely N-dealkylation sites (tertiary alicyclic amines) is 1. The molecule has 2 aromatic heterocycles. The van der Waals surface area contributed by atoms with Gasteiger partial charge in [-0.25, -0.2) is 13.8 Å². The lowest BCUT2D eigenvalue weighted by molar-refractivity contribution is 0.0628. The Labute approximate surface area is 183 Å². The lowest BCUT2D eigenvalue weighted by Gasteiger charge is -2.36. The highest BCUT2D eigenvalue weighted by Gasteiger charge is 2.27. The second-order valence-corrected chi connectivity index (χ2v) is 7.96. The van der Waals surface area contributed by atoms with E-state index in [1.807, 2.05) is 35.2 Å². The largest absolute Gasteiger partial charge is 0.367 e. The molecule has 0 aliphatic carbocycles. The summed E-state index contributed by atoms with van der Waals surface area (Å²) >= 11 is 0. The van der Waals surface area contributed by atoms with Crippen LogP contribution in [0.15, 0.2) is 54.9 Å². The Bertz CT molecular complexity index is 1310. The molecule has 5 rings (SSSR count). The second-order valence-electron chi connectivity index (χ2n) is 7.96. The fourth-order valence-electron chi connectivity index (χ4n) is 4.15. The monoisotopic (exact) mass is 433 g/mol. The molecule has 1 unspecified atom stereocenters. The number of fused-ring (bicyclic) bond motifs is 2. The van der Waals surface area contributed by atoms with Gasteiger partial charge in [0.05, 0.1) is 28.3 Å². The van der Waals surface area contributed by atoms with E-state index in [-0.39, 0.29) is 23.0 Å². The number of benzene rings is 2. The Hall–Kier alpha value is -3.68. The smallest absolute Gasteiger partial charge is 0.255 e. The third-order valence-corrected chi connectivity index (χ3v) is 5.83. The van der Waals surface area contributed by atoms with Gasteiger partial charge in [-0.15, -0.1) is 0 Å². The Morgan fingerprint density at radius 1 is 1.00 bits per heavy atom. The van der Waals surface area contributed by atoms with Crippen molar-refractivity contribution in [1.29, 1.82) is 0 Å². The molecule has 0 saturated carbocycles. The summed E-state index contributed by atoms with van der Waals surface area (Å²) in [6.07, 6.45) is 5.96. The van der Waals surface area contributed by atoms with E-state index < -0.39 is 11.6 Å². The van der Waals surface area contributed by atoms with Crippen LogP contribution in [0.4, 0.5) is 14.6 Å². The Morgan fingerprint density at radius 2 is 1.78 bits per heavy atom. The molecule has 1 saturated heterocycles. The molecule has 1 atom stereocenters. The van der Waals surface area contributed by atoms with Crippen LogP contribution in [0.1, 0.15) is 29.6 Å². The summed E-state index contributed by atoms with van der Waals surface area (Å²) in [5, 5.41) is 4.14. The molecule has 2 aromatic carbocycles. The minimum Gasteiger partial charge on any atom is -0.367 e. The maximum absolute atomic E-state index is 13.5. The number of rotatable bonds is 4. The summed E-state index contributed by atoms with van der Waals surface area (Å²) in [5.41, 5.74) is 1.98. The normalized spacial score (nSPS) is 16.4. The van der Waals surface area contributed by atoms with Gasteiger partial charge in [-0.3, -0.25) is 14.8 Å². The summed E-state index contributed by atoms with van der Waals surface area (Å²) in [7, 11) is 0. The molecule has 0 radical (unpaired) electrons. The number of nitrogens with one attached hydrogen (secondary N) is 1. The number of nitrogens with zero attached hydrogens (tertiary/aromatic N) is 4. The zero-order chi connectivity index (χ0) is 22.1. The zero-order valence-corrected chi connectivity index (χ0v) is 17.3. The first-order valence-electron chi connectivity index (χ1n) is 10.6. The van der Waals surface area contributed by atoms with E-state index in [1.54, 1.807) is 6.20 Å². The van der Waals surface area contributed by atoms with E-state index in [4.69, 9.17) is 0 Å². The Morgan fingerprint density at radius 3 is 2.66 bits per heavy atom. The number of amides is 1. The molecule has 0 bridgehead atoms. The highest BCUT2D eigenvalue weighted by atomic mass is 19.2. The van der Waals surface area contributed by atoms with Gasteiger partial charge >= 0.3 is 0 Å². The van der Waals surface area contributed by atoms with Crippen molar-refractivity contribution in [3.8, 4) is 0 Å². The van der Waals surface area contributed by atoms with Gasteiger partial charge in [0.15, 0.2) is 11.6 Å². The van der Waals surface area contributed by atoms with Gasteiger partial charge in [0.1, 0.15) is 5.82 Å². The minimum absolute atomic E-state index is 0.0230. The summed E-state index contributed by atoms with van der Waals surface area (Å²) < 4.78 is 26.9. The molecule has 32 heavy (non-hydrogen) atoms. The van der Waals surface area contributed by atoms with Crippen LogP contribution >= 0.6 is 0 Å². The van der Waals surface area contributed by atoms with Crippen molar-refractivity contribution in [2.24, 2.45) is 0 Å². The van der Waals surface area contributed by atoms with Crippen molar-refractivity contribution in [1.82, 2.24) is 19.9 Å². The second kappa shape index (κ2) is 8.45. The summed E-state index contributed by atoms with van der Waals surface area (Å²) in [6.45, 7) is 1.16. The van der Waals surface area contributed by atoms with E-state index in [0.29, 0.717) is 24.5 Å². The van der Waals surface area contributed by atoms with Crippen LogP contribution in [0.2, 0.25) is 0 Å². The third kappa shape index (κ3) is 3.95. The first-order chi connectivity index (χ1) is 15.6. The van der Waals surface area contributed by atoms with Gasteiger partial charge in [0.2, 0.25) is 0 Å². The summed E-state index contributed by atoms with van der Waals surface area (Å²) in [5.74, 6) is -1.50. The van der Waals surface area contributed by atoms with E-state index in [1.165, 1.54) is 6.20 Å². The highest BCUT2D eigenvalue weighted by Crippen LogP contribution is 2.22. The fraction of sp³-hybridized carbons (Fsp3) is 0.250. The predicted octanol–water partition coefficient (Wildman–Crippen LogP) is 4.56. The van der Waals surface area contributed by atoms with E-state index >= 15 is 0 Å². The van der Waals surface area contributed by atoms with Crippen molar-refractivity contribution in [2.75, 3.05) is 18.4 Å². The van der Waals surface area contributed by atoms with Crippen LogP contribution in [0.3, 0.4) is 0 Å². The number of anilines is 1. The predicted molar refractivity (Wildman–Crippen MR) is 118 cm³/mol. The fourth-order valence-corrected chi connectivity index (χ4v) is 4.15. The number of halogens is 2. The quantitative estimate of drug-likeness (QED) is 0.511.